The van der Waals surface area contributed by atoms with Crippen LogP contribution in [0.4, 0.5) is 70.2 Å². The Hall–Kier alpha value is -1.50. The summed E-state index contributed by atoms with van der Waals surface area (Å²) >= 11 is 0. The van der Waals surface area contributed by atoms with Gasteiger partial charge in [-0.15, -0.1) is 6.58 Å². The molecular formula is C16H16F16O3. The summed E-state index contributed by atoms with van der Waals surface area (Å²) in [4.78, 5) is 0. The molecule has 0 rings (SSSR count). The van der Waals surface area contributed by atoms with Crippen molar-refractivity contribution in [3.05, 3.63) is 12.7 Å². The summed E-state index contributed by atoms with van der Waals surface area (Å²) in [5, 5.41) is 0. The van der Waals surface area contributed by atoms with Gasteiger partial charge in [0.15, 0.2) is 0 Å². The number of allylic oxidation sites excluding steroid dienone is 1. The molecule has 0 aliphatic heterocycles. The fraction of sp³-hybridized carbons (Fsp3) is 0.875. The van der Waals surface area contributed by atoms with Crippen molar-refractivity contribution in [2.24, 2.45) is 0 Å². The molecule has 0 aliphatic rings. The first-order valence-corrected chi connectivity index (χ1v) is 8.93. The summed E-state index contributed by atoms with van der Waals surface area (Å²) in [6.07, 6.45) is -34.9. The molecule has 0 N–H and O–H groups in total. The van der Waals surface area contributed by atoms with Crippen molar-refractivity contribution in [2.75, 3.05) is 13.2 Å². The maximum absolute atomic E-state index is 13.4. The van der Waals surface area contributed by atoms with E-state index >= 15 is 0 Å². The lowest BCUT2D eigenvalue weighted by Gasteiger charge is -2.36. The highest BCUT2D eigenvalue weighted by molar-refractivity contribution is 4.97. The number of hydrogen-bond donors (Lipinski definition) is 0. The predicted molar refractivity (Wildman–Crippen MR) is 82.3 cm³/mol. The van der Waals surface area contributed by atoms with Crippen molar-refractivity contribution in [2.45, 2.75) is 74.3 Å². The van der Waals surface area contributed by atoms with Gasteiger partial charge in [-0.1, -0.05) is 12.5 Å². The fourth-order valence-electron chi connectivity index (χ4n) is 1.97. The second-order valence-corrected chi connectivity index (χ2v) is 6.72. The van der Waals surface area contributed by atoms with Crippen LogP contribution in [0.1, 0.15) is 25.7 Å². The van der Waals surface area contributed by atoms with Gasteiger partial charge in [0, 0.05) is 0 Å². The van der Waals surface area contributed by atoms with E-state index in [1.165, 1.54) is 10.8 Å². The van der Waals surface area contributed by atoms with Gasteiger partial charge in [0.05, 0.1) is 6.61 Å². The van der Waals surface area contributed by atoms with Crippen molar-refractivity contribution in [1.29, 1.82) is 0 Å². The van der Waals surface area contributed by atoms with Gasteiger partial charge in [-0.3, -0.25) is 0 Å². The summed E-state index contributed by atoms with van der Waals surface area (Å²) < 4.78 is 213. The molecule has 19 heteroatoms. The molecule has 0 bridgehead atoms. The van der Waals surface area contributed by atoms with Crippen LogP contribution in [0.2, 0.25) is 0 Å². The van der Waals surface area contributed by atoms with Gasteiger partial charge in [0.25, 0.3) is 0 Å². The Morgan fingerprint density at radius 2 is 1.14 bits per heavy atom. The molecule has 0 aromatic heterocycles. The third kappa shape index (κ3) is 8.54. The maximum Gasteiger partial charge on any atom is 0.460 e. The third-order valence-corrected chi connectivity index (χ3v) is 3.73. The average Bonchev–Trinajstić information content (AvgIpc) is 2.62. The van der Waals surface area contributed by atoms with E-state index in [0.29, 0.717) is 12.8 Å². The largest absolute Gasteiger partial charge is 0.460 e. The molecule has 0 saturated carbocycles. The van der Waals surface area contributed by atoms with Crippen LogP contribution in [0.15, 0.2) is 12.7 Å². The highest BCUT2D eigenvalue weighted by atomic mass is 19.4. The van der Waals surface area contributed by atoms with E-state index in [1.54, 1.807) is 0 Å². The SMILES string of the molecule is C=CCCCCC(F)COCC(F)(F)OC(F)(F)C(F)(F)OC(F)(F)C(F)(F)C(F)(F)C(F)(F)F. The Kier molecular flexibility index (Phi) is 10.8. The number of halogens is 16. The Balaban J connectivity index is 5.30. The van der Waals surface area contributed by atoms with Crippen molar-refractivity contribution < 1.29 is 84.5 Å². The molecule has 0 aromatic carbocycles. The van der Waals surface area contributed by atoms with Crippen LogP contribution < -0.4 is 0 Å². The molecule has 210 valence electrons. The molecule has 0 amide bonds. The maximum atomic E-state index is 13.4. The summed E-state index contributed by atoms with van der Waals surface area (Å²) in [5.41, 5.74) is 0. The van der Waals surface area contributed by atoms with Crippen LogP contribution in [0, 0.1) is 0 Å². The van der Waals surface area contributed by atoms with Gasteiger partial charge in [-0.25, -0.2) is 13.9 Å². The normalized spacial score (nSPS) is 15.9. The first-order valence-electron chi connectivity index (χ1n) is 8.93. The average molecular weight is 560 g/mol. The monoisotopic (exact) mass is 560 g/mol. The van der Waals surface area contributed by atoms with Gasteiger partial charge in [0.1, 0.15) is 12.8 Å². The topological polar surface area (TPSA) is 27.7 Å². The summed E-state index contributed by atoms with van der Waals surface area (Å²) in [6.45, 7) is -0.290. The molecule has 0 aliphatic carbocycles. The van der Waals surface area contributed by atoms with E-state index < -0.39 is 61.8 Å². The quantitative estimate of drug-likeness (QED) is 0.113. The van der Waals surface area contributed by atoms with Crippen molar-refractivity contribution >= 4 is 0 Å². The highest BCUT2D eigenvalue weighted by Gasteiger charge is 2.85. The first kappa shape index (κ1) is 33.5. The molecule has 35 heavy (non-hydrogen) atoms. The van der Waals surface area contributed by atoms with Crippen LogP contribution in [0.3, 0.4) is 0 Å². The lowest BCUT2D eigenvalue weighted by Crippen LogP contribution is -2.64. The van der Waals surface area contributed by atoms with Crippen molar-refractivity contribution in [1.82, 2.24) is 0 Å². The number of hydrogen-bond acceptors (Lipinski definition) is 3. The molecule has 1 atom stereocenters. The lowest BCUT2D eigenvalue weighted by molar-refractivity contribution is -0.543. The molecule has 0 spiro atoms. The zero-order valence-corrected chi connectivity index (χ0v) is 16.9. The number of alkyl halides is 16. The lowest BCUT2D eigenvalue weighted by atomic mass is 10.1. The van der Waals surface area contributed by atoms with Crippen LogP contribution in [-0.4, -0.2) is 61.8 Å². The number of ether oxygens (including phenoxy) is 3. The Morgan fingerprint density at radius 1 is 0.657 bits per heavy atom. The molecule has 1 unspecified atom stereocenters. The van der Waals surface area contributed by atoms with E-state index in [-0.39, 0.29) is 12.8 Å². The van der Waals surface area contributed by atoms with Gasteiger partial charge in [0.2, 0.25) is 0 Å². The van der Waals surface area contributed by atoms with Gasteiger partial charge < -0.3 is 4.74 Å². The Labute approximate surface area is 186 Å². The van der Waals surface area contributed by atoms with Crippen molar-refractivity contribution in [3.8, 4) is 0 Å². The van der Waals surface area contributed by atoms with E-state index in [4.69, 9.17) is 0 Å². The summed E-state index contributed by atoms with van der Waals surface area (Å²) in [7, 11) is 0. The molecule has 0 saturated heterocycles. The molecule has 0 radical (unpaired) electrons. The van der Waals surface area contributed by atoms with E-state index in [1.807, 2.05) is 0 Å². The molecule has 3 nitrogen and oxygen atoms in total. The smallest absolute Gasteiger partial charge is 0.369 e. The molecular weight excluding hydrogens is 544 g/mol. The minimum atomic E-state index is -7.93. The van der Waals surface area contributed by atoms with Crippen LogP contribution in [0.25, 0.3) is 0 Å². The van der Waals surface area contributed by atoms with Crippen LogP contribution in [0.5, 0.6) is 0 Å². The highest BCUT2D eigenvalue weighted by Crippen LogP contribution is 2.55. The molecule has 0 aromatic rings. The second kappa shape index (κ2) is 11.3. The van der Waals surface area contributed by atoms with Gasteiger partial charge >= 0.3 is 42.5 Å². The first-order chi connectivity index (χ1) is 15.4. The minimum Gasteiger partial charge on any atom is -0.369 e. The number of rotatable bonds is 16. The zero-order valence-electron chi connectivity index (χ0n) is 16.9. The van der Waals surface area contributed by atoms with Gasteiger partial charge in [-0.05, 0) is 19.3 Å². The number of unbranched alkanes of at least 4 members (excludes halogenated alkanes) is 2. The second-order valence-electron chi connectivity index (χ2n) is 6.72. The summed E-state index contributed by atoms with van der Waals surface area (Å²) in [5.74, 6) is -15.7. The standard InChI is InChI=1S/C16H16F16O3/c1-2-3-4-5-6-9(17)7-33-8-10(18,19)34-15(29,30)16(31,32)35-14(27,28)12(22,23)11(20,21)13(24,25)26/h2,9H,1,3-8H2. The molecule has 0 heterocycles. The van der Waals surface area contributed by atoms with Crippen LogP contribution in [-0.2, 0) is 14.2 Å². The van der Waals surface area contributed by atoms with E-state index in [2.05, 4.69) is 16.1 Å². The molecule has 0 fully saturated rings. The van der Waals surface area contributed by atoms with Gasteiger partial charge in [-0.2, -0.15) is 65.9 Å². The zero-order chi connectivity index (χ0) is 28.1. The Bertz CT molecular complexity index is 676. The van der Waals surface area contributed by atoms with E-state index in [0.717, 1.165) is 0 Å². The third-order valence-electron chi connectivity index (χ3n) is 3.73. The minimum absolute atomic E-state index is 0.192. The van der Waals surface area contributed by atoms with Crippen molar-refractivity contribution in [3.63, 3.8) is 0 Å². The fourth-order valence-corrected chi connectivity index (χ4v) is 1.97. The summed E-state index contributed by atoms with van der Waals surface area (Å²) in [6, 6.07) is 0. The predicted octanol–water partition coefficient (Wildman–Crippen LogP) is 7.32. The Morgan fingerprint density at radius 3 is 1.60 bits per heavy atom. The van der Waals surface area contributed by atoms with E-state index in [9.17, 15) is 70.2 Å². The van der Waals surface area contributed by atoms with Crippen LogP contribution >= 0.6 is 0 Å².